The van der Waals surface area contributed by atoms with E-state index in [0.717, 1.165) is 37.6 Å². The average Bonchev–Trinajstić information content (AvgIpc) is 3.20. The van der Waals surface area contributed by atoms with Gasteiger partial charge in [0, 0.05) is 37.4 Å². The number of hydrogen-bond acceptors (Lipinski definition) is 2. The number of aromatic nitrogens is 2. The van der Waals surface area contributed by atoms with Gasteiger partial charge < -0.3 is 14.8 Å². The lowest BCUT2D eigenvalue weighted by molar-refractivity contribution is 0.188. The first-order valence-corrected chi connectivity index (χ1v) is 10.2. The Morgan fingerprint density at radius 2 is 2.07 bits per heavy atom. The second-order valence-corrected chi connectivity index (χ2v) is 8.35. The highest BCUT2D eigenvalue weighted by atomic mass is 19.1. The summed E-state index contributed by atoms with van der Waals surface area (Å²) in [7, 11) is 0. The third-order valence-electron chi connectivity index (χ3n) is 5.71. The molecule has 2 unspecified atom stereocenters. The topological polar surface area (TPSA) is 45.5 Å². The van der Waals surface area contributed by atoms with E-state index in [1.165, 1.54) is 12.1 Å². The maximum atomic E-state index is 13.3. The highest BCUT2D eigenvalue weighted by molar-refractivity contribution is 5.80. The zero-order valence-electron chi connectivity index (χ0n) is 17.4. The minimum absolute atomic E-state index is 0.165. The number of halogens is 1. The zero-order valence-corrected chi connectivity index (χ0v) is 17.4. The van der Waals surface area contributed by atoms with E-state index in [1.807, 2.05) is 30.9 Å². The Kier molecular flexibility index (Phi) is 6.37. The van der Waals surface area contributed by atoms with Gasteiger partial charge in [0.05, 0.1) is 18.9 Å². The molecule has 28 heavy (non-hydrogen) atoms. The second kappa shape index (κ2) is 8.76. The Labute approximate surface area is 167 Å². The lowest BCUT2D eigenvalue weighted by atomic mass is 9.85. The van der Waals surface area contributed by atoms with E-state index in [9.17, 15) is 4.39 Å². The fourth-order valence-electron chi connectivity index (χ4n) is 3.79. The van der Waals surface area contributed by atoms with Crippen molar-refractivity contribution in [3.05, 3.63) is 54.4 Å². The van der Waals surface area contributed by atoms with Crippen LogP contribution in [0.5, 0.6) is 0 Å². The predicted octanol–water partition coefficient (Wildman–Crippen LogP) is 3.85. The number of nitrogens with zero attached hydrogens (tertiary/aromatic N) is 4. The summed E-state index contributed by atoms with van der Waals surface area (Å²) >= 11 is 0. The van der Waals surface area contributed by atoms with Gasteiger partial charge in [-0.1, -0.05) is 32.9 Å². The molecule has 0 radical (unpaired) electrons. The van der Waals surface area contributed by atoms with Crippen LogP contribution < -0.4 is 5.32 Å². The minimum Gasteiger partial charge on any atom is -0.357 e. The summed E-state index contributed by atoms with van der Waals surface area (Å²) < 4.78 is 15.5. The van der Waals surface area contributed by atoms with Crippen molar-refractivity contribution in [1.82, 2.24) is 19.8 Å². The number of guanidine groups is 1. The number of rotatable bonds is 5. The molecule has 0 bridgehead atoms. The van der Waals surface area contributed by atoms with Crippen LogP contribution in [0, 0.1) is 11.7 Å². The summed E-state index contributed by atoms with van der Waals surface area (Å²) in [5, 5.41) is 3.46. The van der Waals surface area contributed by atoms with Crippen molar-refractivity contribution < 1.29 is 4.39 Å². The predicted molar refractivity (Wildman–Crippen MR) is 112 cm³/mol. The standard InChI is InChI=1S/C22H32FN5/c1-5-25-21(26-15-22(3,4)18-6-8-19(23)9-7-18)27-12-10-17(2)20(14-27)28-13-11-24-16-28/h6-9,11,13,16-17,20H,5,10,12,14-15H2,1-4H3,(H,25,26). The van der Waals surface area contributed by atoms with Crippen molar-refractivity contribution in [2.75, 3.05) is 26.2 Å². The molecule has 5 nitrogen and oxygen atoms in total. The van der Waals surface area contributed by atoms with Crippen LogP contribution in [0.25, 0.3) is 0 Å². The van der Waals surface area contributed by atoms with E-state index in [2.05, 4.69) is 47.5 Å². The number of imidazole rings is 1. The van der Waals surface area contributed by atoms with Gasteiger partial charge in [-0.25, -0.2) is 9.37 Å². The van der Waals surface area contributed by atoms with Gasteiger partial charge in [0.1, 0.15) is 5.82 Å². The summed E-state index contributed by atoms with van der Waals surface area (Å²) in [5.74, 6) is 1.35. The molecule has 2 aromatic rings. The quantitative estimate of drug-likeness (QED) is 0.628. The van der Waals surface area contributed by atoms with Crippen molar-refractivity contribution in [3.8, 4) is 0 Å². The lowest BCUT2D eigenvalue weighted by Crippen LogP contribution is -2.49. The zero-order chi connectivity index (χ0) is 20.1. The molecule has 1 aliphatic heterocycles. The summed E-state index contributed by atoms with van der Waals surface area (Å²) in [6.07, 6.45) is 6.92. The Hall–Kier alpha value is -2.37. The van der Waals surface area contributed by atoms with Crippen molar-refractivity contribution in [1.29, 1.82) is 0 Å². The van der Waals surface area contributed by atoms with E-state index < -0.39 is 0 Å². The number of hydrogen-bond donors (Lipinski definition) is 1. The number of nitrogens with one attached hydrogen (secondary N) is 1. The molecule has 0 saturated carbocycles. The van der Waals surface area contributed by atoms with Gasteiger partial charge in [0.25, 0.3) is 0 Å². The molecular formula is C22H32FN5. The number of benzene rings is 1. The molecular weight excluding hydrogens is 353 g/mol. The third kappa shape index (κ3) is 4.72. The van der Waals surface area contributed by atoms with Crippen LogP contribution in [0.1, 0.15) is 45.7 Å². The maximum Gasteiger partial charge on any atom is 0.194 e. The molecule has 1 aromatic carbocycles. The first-order valence-electron chi connectivity index (χ1n) is 10.2. The van der Waals surface area contributed by atoms with Gasteiger partial charge >= 0.3 is 0 Å². The van der Waals surface area contributed by atoms with Crippen LogP contribution in [-0.2, 0) is 5.41 Å². The van der Waals surface area contributed by atoms with Crippen molar-refractivity contribution in [2.45, 2.75) is 45.6 Å². The monoisotopic (exact) mass is 385 g/mol. The molecule has 1 aromatic heterocycles. The van der Waals surface area contributed by atoms with Gasteiger partial charge in [-0.2, -0.15) is 0 Å². The fraction of sp³-hybridized carbons (Fsp3) is 0.545. The summed E-state index contributed by atoms with van der Waals surface area (Å²) in [4.78, 5) is 11.5. The lowest BCUT2D eigenvalue weighted by Gasteiger charge is -2.39. The molecule has 1 N–H and O–H groups in total. The highest BCUT2D eigenvalue weighted by Gasteiger charge is 2.29. The molecule has 0 amide bonds. The van der Waals surface area contributed by atoms with Crippen LogP contribution in [0.2, 0.25) is 0 Å². The molecule has 2 atom stereocenters. The van der Waals surface area contributed by atoms with Crippen molar-refractivity contribution >= 4 is 5.96 Å². The normalized spacial score (nSPS) is 21.0. The van der Waals surface area contributed by atoms with Crippen LogP contribution in [0.15, 0.2) is 48.0 Å². The fourth-order valence-corrected chi connectivity index (χ4v) is 3.79. The van der Waals surface area contributed by atoms with E-state index >= 15 is 0 Å². The van der Waals surface area contributed by atoms with Crippen LogP contribution in [0.3, 0.4) is 0 Å². The Morgan fingerprint density at radius 1 is 1.32 bits per heavy atom. The highest BCUT2D eigenvalue weighted by Crippen LogP contribution is 2.28. The SMILES string of the molecule is CCNC(=NCC(C)(C)c1ccc(F)cc1)N1CCC(C)C(n2ccnc2)C1. The van der Waals surface area contributed by atoms with Gasteiger partial charge in [-0.3, -0.25) is 4.99 Å². The smallest absolute Gasteiger partial charge is 0.194 e. The van der Waals surface area contributed by atoms with Crippen LogP contribution >= 0.6 is 0 Å². The van der Waals surface area contributed by atoms with E-state index in [-0.39, 0.29) is 11.2 Å². The van der Waals surface area contributed by atoms with E-state index in [0.29, 0.717) is 18.5 Å². The molecule has 0 spiro atoms. The first kappa shape index (κ1) is 20.4. The average molecular weight is 386 g/mol. The van der Waals surface area contributed by atoms with Crippen LogP contribution in [-0.4, -0.2) is 46.6 Å². The molecule has 3 rings (SSSR count). The van der Waals surface area contributed by atoms with Gasteiger partial charge in [0.15, 0.2) is 5.96 Å². The third-order valence-corrected chi connectivity index (χ3v) is 5.71. The van der Waals surface area contributed by atoms with Gasteiger partial charge in [0.2, 0.25) is 0 Å². The maximum absolute atomic E-state index is 13.3. The molecule has 1 fully saturated rings. The Bertz CT molecular complexity index is 767. The molecule has 152 valence electrons. The van der Waals surface area contributed by atoms with Gasteiger partial charge in [-0.15, -0.1) is 0 Å². The van der Waals surface area contributed by atoms with Gasteiger partial charge in [-0.05, 0) is 37.0 Å². The summed E-state index contributed by atoms with van der Waals surface area (Å²) in [6, 6.07) is 7.15. The van der Waals surface area contributed by atoms with E-state index in [4.69, 9.17) is 4.99 Å². The number of aliphatic imine (C=N–C) groups is 1. The number of likely N-dealkylation sites (tertiary alicyclic amines) is 1. The largest absolute Gasteiger partial charge is 0.357 e. The van der Waals surface area contributed by atoms with E-state index in [1.54, 1.807) is 0 Å². The molecule has 0 aliphatic carbocycles. The number of piperidine rings is 1. The Balaban J connectivity index is 1.75. The minimum atomic E-state index is -0.204. The molecule has 6 heteroatoms. The molecule has 1 aliphatic rings. The second-order valence-electron chi connectivity index (χ2n) is 8.35. The molecule has 1 saturated heterocycles. The summed E-state index contributed by atoms with van der Waals surface area (Å²) in [6.45, 7) is 12.1. The summed E-state index contributed by atoms with van der Waals surface area (Å²) in [5.41, 5.74) is 0.929. The van der Waals surface area contributed by atoms with Crippen LogP contribution in [0.4, 0.5) is 4.39 Å². The van der Waals surface area contributed by atoms with Crippen molar-refractivity contribution in [3.63, 3.8) is 0 Å². The first-order chi connectivity index (χ1) is 13.4. The van der Waals surface area contributed by atoms with Crippen molar-refractivity contribution in [2.24, 2.45) is 10.9 Å². The Morgan fingerprint density at radius 3 is 2.71 bits per heavy atom. The molecule has 2 heterocycles.